The molecule has 0 aromatic heterocycles. The molecule has 2 aromatic carbocycles. The lowest BCUT2D eigenvalue weighted by atomic mass is 10.1. The van der Waals surface area contributed by atoms with E-state index in [4.69, 9.17) is 5.73 Å². The molecule has 4 N–H and O–H groups in total. The molecule has 0 heterocycles. The summed E-state index contributed by atoms with van der Waals surface area (Å²) in [4.78, 5) is 4.09. The minimum Gasteiger partial charge on any atom is -0.386 e. The van der Waals surface area contributed by atoms with Crippen LogP contribution in [0.1, 0.15) is 17.2 Å². The monoisotopic (exact) mass is 287 g/mol. The van der Waals surface area contributed by atoms with Gasteiger partial charge in [-0.1, -0.05) is 24.3 Å². The van der Waals surface area contributed by atoms with Crippen molar-refractivity contribution in [1.29, 1.82) is 0 Å². The quantitative estimate of drug-likeness (QED) is 0.598. The molecule has 5 heteroatoms. The number of anilines is 1. The van der Waals surface area contributed by atoms with E-state index in [2.05, 4.69) is 10.3 Å². The first-order valence-electron chi connectivity index (χ1n) is 6.62. The van der Waals surface area contributed by atoms with Gasteiger partial charge in [-0.05, 0) is 42.3 Å². The van der Waals surface area contributed by atoms with E-state index in [1.54, 1.807) is 0 Å². The van der Waals surface area contributed by atoms with Crippen molar-refractivity contribution < 1.29 is 9.50 Å². The van der Waals surface area contributed by atoms with Gasteiger partial charge in [0.2, 0.25) is 0 Å². The molecule has 1 unspecified atom stereocenters. The van der Waals surface area contributed by atoms with Crippen LogP contribution in [-0.4, -0.2) is 17.6 Å². The van der Waals surface area contributed by atoms with Crippen LogP contribution in [0, 0.1) is 12.7 Å². The van der Waals surface area contributed by atoms with Crippen LogP contribution in [0.5, 0.6) is 0 Å². The number of guanidine groups is 1. The maximum atomic E-state index is 12.8. The number of halogens is 1. The number of nitrogens with one attached hydrogen (secondary N) is 1. The van der Waals surface area contributed by atoms with E-state index in [1.165, 1.54) is 24.3 Å². The molecule has 0 saturated heterocycles. The molecule has 2 rings (SSSR count). The van der Waals surface area contributed by atoms with Gasteiger partial charge in [-0.2, -0.15) is 0 Å². The minimum absolute atomic E-state index is 0.107. The zero-order valence-electron chi connectivity index (χ0n) is 11.8. The van der Waals surface area contributed by atoms with Gasteiger partial charge in [-0.25, -0.2) is 4.39 Å². The fourth-order valence-electron chi connectivity index (χ4n) is 1.89. The van der Waals surface area contributed by atoms with Crippen molar-refractivity contribution in [2.75, 3.05) is 11.9 Å². The van der Waals surface area contributed by atoms with Crippen molar-refractivity contribution in [3.8, 4) is 0 Å². The van der Waals surface area contributed by atoms with Crippen molar-refractivity contribution in [2.24, 2.45) is 10.7 Å². The third-order valence-corrected chi connectivity index (χ3v) is 2.98. The van der Waals surface area contributed by atoms with Crippen molar-refractivity contribution in [3.63, 3.8) is 0 Å². The summed E-state index contributed by atoms with van der Waals surface area (Å²) < 4.78 is 12.8. The van der Waals surface area contributed by atoms with E-state index in [9.17, 15) is 9.50 Å². The topological polar surface area (TPSA) is 70.6 Å². The average molecular weight is 287 g/mol. The van der Waals surface area contributed by atoms with E-state index in [0.29, 0.717) is 5.56 Å². The highest BCUT2D eigenvalue weighted by atomic mass is 19.1. The Kier molecular flexibility index (Phi) is 4.90. The summed E-state index contributed by atoms with van der Waals surface area (Å²) in [6.07, 6.45) is -0.816. The second-order valence-electron chi connectivity index (χ2n) is 4.79. The normalized spacial score (nSPS) is 13.0. The second kappa shape index (κ2) is 6.85. The molecule has 21 heavy (non-hydrogen) atoms. The lowest BCUT2D eigenvalue weighted by molar-refractivity contribution is 0.187. The molecule has 0 amide bonds. The molecule has 4 nitrogen and oxygen atoms in total. The molecule has 0 bridgehead atoms. The maximum Gasteiger partial charge on any atom is 0.193 e. The van der Waals surface area contributed by atoms with Crippen LogP contribution in [0.25, 0.3) is 0 Å². The number of rotatable bonds is 4. The van der Waals surface area contributed by atoms with Gasteiger partial charge in [0.15, 0.2) is 5.96 Å². The Labute approximate surface area is 123 Å². The molecule has 0 aliphatic heterocycles. The van der Waals surface area contributed by atoms with Crippen molar-refractivity contribution in [1.82, 2.24) is 0 Å². The Morgan fingerprint density at radius 1 is 1.29 bits per heavy atom. The van der Waals surface area contributed by atoms with E-state index >= 15 is 0 Å². The van der Waals surface area contributed by atoms with Gasteiger partial charge < -0.3 is 16.2 Å². The largest absolute Gasteiger partial charge is 0.386 e. The Balaban J connectivity index is 1.95. The maximum absolute atomic E-state index is 12.8. The van der Waals surface area contributed by atoms with Crippen LogP contribution in [-0.2, 0) is 0 Å². The van der Waals surface area contributed by atoms with Gasteiger partial charge in [0.05, 0.1) is 12.6 Å². The van der Waals surface area contributed by atoms with Gasteiger partial charge in [0.25, 0.3) is 0 Å². The Hall–Kier alpha value is -2.40. The first-order valence-corrected chi connectivity index (χ1v) is 6.62. The van der Waals surface area contributed by atoms with Crippen LogP contribution in [0.2, 0.25) is 0 Å². The number of hydrogen-bond donors (Lipinski definition) is 3. The third-order valence-electron chi connectivity index (χ3n) is 2.98. The van der Waals surface area contributed by atoms with E-state index < -0.39 is 6.10 Å². The summed E-state index contributed by atoms with van der Waals surface area (Å²) in [5.41, 5.74) is 8.33. The predicted octanol–water partition coefficient (Wildman–Crippen LogP) is 2.59. The Morgan fingerprint density at radius 2 is 2.00 bits per heavy atom. The smallest absolute Gasteiger partial charge is 0.193 e. The lowest BCUT2D eigenvalue weighted by Gasteiger charge is -2.10. The summed E-state index contributed by atoms with van der Waals surface area (Å²) in [7, 11) is 0. The number of hydrogen-bond acceptors (Lipinski definition) is 2. The molecule has 2 aromatic rings. The van der Waals surface area contributed by atoms with Gasteiger partial charge in [-0.15, -0.1) is 0 Å². The molecule has 0 aliphatic carbocycles. The number of nitrogens with zero attached hydrogens (tertiary/aromatic N) is 1. The van der Waals surface area contributed by atoms with Crippen molar-refractivity contribution >= 4 is 11.6 Å². The van der Waals surface area contributed by atoms with Gasteiger partial charge >= 0.3 is 0 Å². The van der Waals surface area contributed by atoms with Gasteiger partial charge in [-0.3, -0.25) is 4.99 Å². The van der Waals surface area contributed by atoms with Gasteiger partial charge in [0, 0.05) is 5.69 Å². The third kappa shape index (κ3) is 4.57. The fourth-order valence-corrected chi connectivity index (χ4v) is 1.89. The Morgan fingerprint density at radius 3 is 2.67 bits per heavy atom. The molecule has 110 valence electrons. The summed E-state index contributed by atoms with van der Waals surface area (Å²) in [6.45, 7) is 2.09. The van der Waals surface area contributed by atoms with E-state index in [0.717, 1.165) is 11.3 Å². The van der Waals surface area contributed by atoms with Crippen molar-refractivity contribution in [2.45, 2.75) is 13.0 Å². The minimum atomic E-state index is -0.816. The first-order chi connectivity index (χ1) is 10.0. The lowest BCUT2D eigenvalue weighted by Crippen LogP contribution is -2.23. The molecule has 0 fully saturated rings. The summed E-state index contributed by atoms with van der Waals surface area (Å²) in [5.74, 6) is -0.114. The fraction of sp³-hybridized carbons (Fsp3) is 0.188. The Bertz CT molecular complexity index is 626. The molecule has 0 spiro atoms. The zero-order valence-corrected chi connectivity index (χ0v) is 11.8. The number of nitrogens with two attached hydrogens (primary N) is 1. The van der Waals surface area contributed by atoms with Crippen LogP contribution >= 0.6 is 0 Å². The van der Waals surface area contributed by atoms with Crippen molar-refractivity contribution in [3.05, 3.63) is 65.5 Å². The van der Waals surface area contributed by atoms with Crippen LogP contribution in [0.15, 0.2) is 53.5 Å². The number of benzene rings is 2. The van der Waals surface area contributed by atoms with E-state index in [-0.39, 0.29) is 18.3 Å². The van der Waals surface area contributed by atoms with E-state index in [1.807, 2.05) is 31.2 Å². The number of aliphatic imine (C=N–C) groups is 1. The molecule has 0 saturated carbocycles. The van der Waals surface area contributed by atoms with Crippen LogP contribution in [0.3, 0.4) is 0 Å². The number of aliphatic hydroxyl groups excluding tert-OH is 1. The number of aryl methyl sites for hydroxylation is 1. The second-order valence-corrected chi connectivity index (χ2v) is 4.79. The summed E-state index contributed by atoms with van der Waals surface area (Å²) in [5, 5.41) is 12.9. The molecular formula is C16H18FN3O. The summed E-state index contributed by atoms with van der Waals surface area (Å²) >= 11 is 0. The summed E-state index contributed by atoms with van der Waals surface area (Å²) in [6, 6.07) is 13.4. The zero-order chi connectivity index (χ0) is 15.2. The van der Waals surface area contributed by atoms with Crippen LogP contribution in [0.4, 0.5) is 10.1 Å². The predicted molar refractivity (Wildman–Crippen MR) is 82.7 cm³/mol. The molecule has 0 aliphatic rings. The standard InChI is InChI=1S/C16H18FN3O/c1-11-3-2-4-14(9-11)20-16(18)19-10-15(21)12-5-7-13(17)8-6-12/h2-9,15,21H,10H2,1H3,(H3,18,19,20). The highest BCUT2D eigenvalue weighted by Gasteiger charge is 2.07. The first kappa shape index (κ1) is 15.0. The highest BCUT2D eigenvalue weighted by Crippen LogP contribution is 2.14. The molecule has 1 atom stereocenters. The number of aliphatic hydroxyl groups is 1. The average Bonchev–Trinajstić information content (AvgIpc) is 2.45. The van der Waals surface area contributed by atoms with Gasteiger partial charge in [0.1, 0.15) is 5.82 Å². The SMILES string of the molecule is Cc1cccc(NC(N)=NCC(O)c2ccc(F)cc2)c1. The highest BCUT2D eigenvalue weighted by molar-refractivity contribution is 5.92. The van der Waals surface area contributed by atoms with Crippen LogP contribution < -0.4 is 11.1 Å². The molecular weight excluding hydrogens is 269 g/mol. The molecule has 0 radical (unpaired) electrons.